The Morgan fingerprint density at radius 1 is 1.04 bits per heavy atom. The zero-order valence-corrected chi connectivity index (χ0v) is 14.2. The Hall–Kier alpha value is -3.47. The Kier molecular flexibility index (Phi) is 3.97. The molecule has 0 saturated heterocycles. The van der Waals surface area contributed by atoms with Crippen LogP contribution in [0.4, 0.5) is 0 Å². The van der Waals surface area contributed by atoms with Crippen LogP contribution >= 0.6 is 0 Å². The normalized spacial score (nSPS) is 11.0. The first-order chi connectivity index (χ1) is 12.7. The van der Waals surface area contributed by atoms with E-state index >= 15 is 0 Å². The first-order valence-electron chi connectivity index (χ1n) is 8.37. The molecule has 0 aliphatic carbocycles. The second-order valence-corrected chi connectivity index (χ2v) is 5.85. The summed E-state index contributed by atoms with van der Waals surface area (Å²) in [5.41, 5.74) is 1.80. The van der Waals surface area contributed by atoms with Crippen molar-refractivity contribution in [2.45, 2.75) is 6.92 Å². The van der Waals surface area contributed by atoms with E-state index in [1.807, 2.05) is 30.3 Å². The molecule has 2 aromatic carbocycles. The van der Waals surface area contributed by atoms with Gasteiger partial charge in [0.05, 0.1) is 23.9 Å². The van der Waals surface area contributed by atoms with E-state index in [0.29, 0.717) is 22.3 Å². The Morgan fingerprint density at radius 2 is 1.77 bits per heavy atom. The molecule has 0 unspecified atom stereocenters. The SMILES string of the molecule is CCOC(=O)c1cc(C(=O)c2ccccc2)n2ncc3ccccc3c12. The van der Waals surface area contributed by atoms with Gasteiger partial charge in [-0.25, -0.2) is 9.31 Å². The number of benzene rings is 2. The highest BCUT2D eigenvalue weighted by Crippen LogP contribution is 2.27. The van der Waals surface area contributed by atoms with Crippen molar-refractivity contribution in [2.75, 3.05) is 6.61 Å². The summed E-state index contributed by atoms with van der Waals surface area (Å²) < 4.78 is 6.72. The summed E-state index contributed by atoms with van der Waals surface area (Å²) in [7, 11) is 0. The second kappa shape index (κ2) is 6.44. The lowest BCUT2D eigenvalue weighted by molar-refractivity contribution is 0.0529. The molecule has 0 aliphatic heterocycles. The minimum absolute atomic E-state index is 0.195. The van der Waals surface area contributed by atoms with Crippen molar-refractivity contribution >= 4 is 28.0 Å². The molecular weight excluding hydrogens is 328 g/mol. The highest BCUT2D eigenvalue weighted by Gasteiger charge is 2.23. The zero-order valence-electron chi connectivity index (χ0n) is 14.2. The molecule has 5 heteroatoms. The summed E-state index contributed by atoms with van der Waals surface area (Å²) in [6, 6.07) is 18.1. The number of nitrogens with zero attached hydrogens (tertiary/aromatic N) is 2. The molecule has 0 saturated carbocycles. The molecule has 2 aromatic heterocycles. The summed E-state index contributed by atoms with van der Waals surface area (Å²) in [5, 5.41) is 6.14. The van der Waals surface area contributed by atoms with E-state index < -0.39 is 5.97 Å². The lowest BCUT2D eigenvalue weighted by atomic mass is 10.1. The van der Waals surface area contributed by atoms with Crippen molar-refractivity contribution in [3.63, 3.8) is 0 Å². The van der Waals surface area contributed by atoms with E-state index in [2.05, 4.69) is 5.10 Å². The molecule has 0 spiro atoms. The third kappa shape index (κ3) is 2.54. The Labute approximate surface area is 149 Å². The maximum absolute atomic E-state index is 13.0. The van der Waals surface area contributed by atoms with Gasteiger partial charge in [-0.2, -0.15) is 5.10 Å². The van der Waals surface area contributed by atoms with Crippen LogP contribution in [0.3, 0.4) is 0 Å². The van der Waals surface area contributed by atoms with Gasteiger partial charge in [0.15, 0.2) is 0 Å². The van der Waals surface area contributed by atoms with E-state index in [0.717, 1.165) is 10.8 Å². The van der Waals surface area contributed by atoms with Crippen LogP contribution in [-0.2, 0) is 4.74 Å². The van der Waals surface area contributed by atoms with Crippen molar-refractivity contribution in [1.29, 1.82) is 0 Å². The van der Waals surface area contributed by atoms with Crippen LogP contribution in [-0.4, -0.2) is 28.0 Å². The minimum Gasteiger partial charge on any atom is -0.462 e. The monoisotopic (exact) mass is 344 g/mol. The molecule has 4 aromatic rings. The number of ketones is 1. The molecular formula is C21H16N2O3. The molecule has 0 radical (unpaired) electrons. The number of aromatic nitrogens is 2. The van der Waals surface area contributed by atoms with E-state index in [-0.39, 0.29) is 12.4 Å². The fraction of sp³-hybridized carbons (Fsp3) is 0.0952. The van der Waals surface area contributed by atoms with Crippen molar-refractivity contribution < 1.29 is 14.3 Å². The number of ether oxygens (including phenoxy) is 1. The first kappa shape index (κ1) is 16.0. The van der Waals surface area contributed by atoms with Gasteiger partial charge in [0.1, 0.15) is 5.69 Å². The smallest absolute Gasteiger partial charge is 0.340 e. The lowest BCUT2D eigenvalue weighted by Gasteiger charge is -2.05. The Balaban J connectivity index is 2.02. The molecule has 0 N–H and O–H groups in total. The van der Waals surface area contributed by atoms with Gasteiger partial charge in [0.25, 0.3) is 0 Å². The number of carbonyl (C=O) groups excluding carboxylic acids is 2. The van der Waals surface area contributed by atoms with Gasteiger partial charge >= 0.3 is 5.97 Å². The van der Waals surface area contributed by atoms with E-state index in [1.54, 1.807) is 43.5 Å². The third-order valence-electron chi connectivity index (χ3n) is 4.27. The van der Waals surface area contributed by atoms with Crippen molar-refractivity contribution in [1.82, 2.24) is 9.61 Å². The standard InChI is InChI=1S/C21H16N2O3/c1-2-26-21(25)17-12-18(20(24)14-8-4-3-5-9-14)23-19(17)16-11-7-6-10-15(16)13-22-23/h3-13H,2H2,1H3. The van der Waals surface area contributed by atoms with Crippen LogP contribution in [0.15, 0.2) is 66.9 Å². The summed E-state index contributed by atoms with van der Waals surface area (Å²) in [6.45, 7) is 2.01. The average molecular weight is 344 g/mol. The molecule has 0 aliphatic rings. The molecule has 0 bridgehead atoms. The quantitative estimate of drug-likeness (QED) is 0.416. The fourth-order valence-corrected chi connectivity index (χ4v) is 3.09. The largest absolute Gasteiger partial charge is 0.462 e. The highest BCUT2D eigenvalue weighted by atomic mass is 16.5. The van der Waals surface area contributed by atoms with E-state index in [4.69, 9.17) is 4.74 Å². The summed E-state index contributed by atoms with van der Waals surface area (Å²) >= 11 is 0. The van der Waals surface area contributed by atoms with Gasteiger partial charge in [-0.1, -0.05) is 54.6 Å². The average Bonchev–Trinajstić information content (AvgIpc) is 3.08. The maximum atomic E-state index is 13.0. The van der Waals surface area contributed by atoms with Crippen LogP contribution in [0, 0.1) is 0 Å². The molecule has 0 atom stereocenters. The molecule has 0 amide bonds. The fourth-order valence-electron chi connectivity index (χ4n) is 3.09. The number of hydrogen-bond acceptors (Lipinski definition) is 4. The highest BCUT2D eigenvalue weighted by molar-refractivity contribution is 6.14. The second-order valence-electron chi connectivity index (χ2n) is 5.85. The van der Waals surface area contributed by atoms with E-state index in [9.17, 15) is 9.59 Å². The third-order valence-corrected chi connectivity index (χ3v) is 4.27. The predicted octanol–water partition coefficient (Wildman–Crippen LogP) is 3.90. The summed E-state index contributed by atoms with van der Waals surface area (Å²) in [6.07, 6.45) is 1.69. The van der Waals surface area contributed by atoms with Crippen molar-refractivity contribution in [2.24, 2.45) is 0 Å². The van der Waals surface area contributed by atoms with Gasteiger partial charge in [0.2, 0.25) is 5.78 Å². The predicted molar refractivity (Wildman–Crippen MR) is 98.5 cm³/mol. The molecule has 5 nitrogen and oxygen atoms in total. The van der Waals surface area contributed by atoms with Gasteiger partial charge < -0.3 is 4.74 Å². The minimum atomic E-state index is -0.463. The van der Waals surface area contributed by atoms with E-state index in [1.165, 1.54) is 4.52 Å². The summed E-state index contributed by atoms with van der Waals surface area (Å²) in [5.74, 6) is -0.658. The number of rotatable bonds is 4. The van der Waals surface area contributed by atoms with Gasteiger partial charge in [0, 0.05) is 16.3 Å². The Bertz CT molecular complexity index is 1130. The number of esters is 1. The number of carbonyl (C=O) groups is 2. The Morgan fingerprint density at radius 3 is 2.54 bits per heavy atom. The number of hydrogen-bond donors (Lipinski definition) is 0. The van der Waals surface area contributed by atoms with Crippen molar-refractivity contribution in [3.8, 4) is 0 Å². The number of fused-ring (bicyclic) bond motifs is 3. The van der Waals surface area contributed by atoms with Crippen LogP contribution in [0.1, 0.15) is 33.3 Å². The van der Waals surface area contributed by atoms with Crippen molar-refractivity contribution in [3.05, 3.63) is 83.7 Å². The van der Waals surface area contributed by atoms with Gasteiger partial charge in [-0.15, -0.1) is 0 Å². The van der Waals surface area contributed by atoms with Crippen LogP contribution in [0.2, 0.25) is 0 Å². The van der Waals surface area contributed by atoms with Crippen LogP contribution < -0.4 is 0 Å². The zero-order chi connectivity index (χ0) is 18.1. The van der Waals surface area contributed by atoms with Crippen LogP contribution in [0.25, 0.3) is 16.3 Å². The molecule has 0 fully saturated rings. The first-order valence-corrected chi connectivity index (χ1v) is 8.37. The van der Waals surface area contributed by atoms with Gasteiger partial charge in [-0.3, -0.25) is 4.79 Å². The molecule has 128 valence electrons. The van der Waals surface area contributed by atoms with Crippen LogP contribution in [0.5, 0.6) is 0 Å². The maximum Gasteiger partial charge on any atom is 0.340 e. The molecule has 2 heterocycles. The lowest BCUT2D eigenvalue weighted by Crippen LogP contribution is -2.07. The molecule has 4 rings (SSSR count). The topological polar surface area (TPSA) is 60.7 Å². The molecule has 26 heavy (non-hydrogen) atoms. The van der Waals surface area contributed by atoms with Gasteiger partial charge in [-0.05, 0) is 13.0 Å². The summed E-state index contributed by atoms with van der Waals surface area (Å²) in [4.78, 5) is 25.5.